The summed E-state index contributed by atoms with van der Waals surface area (Å²) in [4.78, 5) is 12.8. The van der Waals surface area contributed by atoms with Crippen molar-refractivity contribution >= 4 is 28.8 Å². The van der Waals surface area contributed by atoms with E-state index in [0.29, 0.717) is 36.8 Å². The van der Waals surface area contributed by atoms with Crippen LogP contribution in [-0.2, 0) is 4.79 Å². The molecular weight excluding hydrogens is 272 g/mol. The number of carbonyl (C=O) groups is 1. The van der Waals surface area contributed by atoms with E-state index in [2.05, 4.69) is 12.2 Å². The Labute approximate surface area is 124 Å². The number of nitrogens with one attached hydrogen (secondary N) is 1. The fourth-order valence-corrected chi connectivity index (χ4v) is 2.98. The summed E-state index contributed by atoms with van der Waals surface area (Å²) in [6.45, 7) is 4.55. The molecule has 0 saturated heterocycles. The van der Waals surface area contributed by atoms with Crippen LogP contribution in [0.2, 0.25) is 0 Å². The van der Waals surface area contributed by atoms with Crippen molar-refractivity contribution in [1.82, 2.24) is 0 Å². The van der Waals surface area contributed by atoms with E-state index in [4.69, 9.17) is 22.7 Å². The average molecular weight is 292 g/mol. The van der Waals surface area contributed by atoms with Gasteiger partial charge in [-0.15, -0.1) is 0 Å². The first-order valence-electron chi connectivity index (χ1n) is 6.83. The van der Waals surface area contributed by atoms with Crippen molar-refractivity contribution < 1.29 is 9.53 Å². The molecule has 1 aromatic rings. The summed E-state index contributed by atoms with van der Waals surface area (Å²) in [7, 11) is 0. The highest BCUT2D eigenvalue weighted by Gasteiger charge is 2.50. The molecular formula is C15H20N2O2S. The quantitative estimate of drug-likeness (QED) is 0.819. The highest BCUT2D eigenvalue weighted by molar-refractivity contribution is 7.80. The number of hydrogen-bond donors (Lipinski definition) is 2. The van der Waals surface area contributed by atoms with Crippen LogP contribution in [0.15, 0.2) is 24.3 Å². The first-order valence-corrected chi connectivity index (χ1v) is 7.23. The van der Waals surface area contributed by atoms with E-state index in [0.717, 1.165) is 0 Å². The third-order valence-corrected chi connectivity index (χ3v) is 4.13. The summed E-state index contributed by atoms with van der Waals surface area (Å²) < 4.78 is 5.50. The lowest BCUT2D eigenvalue weighted by Crippen LogP contribution is -2.53. The van der Waals surface area contributed by atoms with Crippen LogP contribution in [0.25, 0.3) is 0 Å². The summed E-state index contributed by atoms with van der Waals surface area (Å²) in [6, 6.07) is 7.37. The Kier molecular flexibility index (Phi) is 4.28. The Morgan fingerprint density at radius 3 is 2.70 bits per heavy atom. The molecule has 1 aromatic carbocycles. The molecule has 0 heterocycles. The molecule has 1 amide bonds. The van der Waals surface area contributed by atoms with E-state index in [9.17, 15) is 4.79 Å². The zero-order valence-corrected chi connectivity index (χ0v) is 12.6. The van der Waals surface area contributed by atoms with Crippen LogP contribution in [0.4, 0.5) is 5.69 Å². The summed E-state index contributed by atoms with van der Waals surface area (Å²) in [5.74, 6) is 1.01. The van der Waals surface area contributed by atoms with Crippen molar-refractivity contribution in [3.05, 3.63) is 24.3 Å². The van der Waals surface area contributed by atoms with E-state index in [1.165, 1.54) is 0 Å². The van der Waals surface area contributed by atoms with Gasteiger partial charge in [-0.3, -0.25) is 4.79 Å². The lowest BCUT2D eigenvalue weighted by atomic mass is 9.62. The van der Waals surface area contributed by atoms with E-state index >= 15 is 0 Å². The average Bonchev–Trinajstić information content (AvgIpc) is 2.36. The van der Waals surface area contributed by atoms with Crippen molar-refractivity contribution in [2.45, 2.75) is 26.7 Å². The number of benzene rings is 1. The van der Waals surface area contributed by atoms with Crippen molar-refractivity contribution in [2.24, 2.45) is 17.1 Å². The molecule has 0 radical (unpaired) electrons. The molecule has 1 fully saturated rings. The number of nitrogens with two attached hydrogens (primary N) is 1. The Morgan fingerprint density at radius 1 is 1.50 bits per heavy atom. The monoisotopic (exact) mass is 292 g/mol. The van der Waals surface area contributed by atoms with Gasteiger partial charge in [0.25, 0.3) is 0 Å². The van der Waals surface area contributed by atoms with Crippen LogP contribution in [0.5, 0.6) is 5.75 Å². The van der Waals surface area contributed by atoms with Gasteiger partial charge in [-0.25, -0.2) is 0 Å². The fraction of sp³-hybridized carbons (Fsp3) is 0.467. The second-order valence-corrected chi connectivity index (χ2v) is 5.78. The van der Waals surface area contributed by atoms with Crippen molar-refractivity contribution in [2.75, 3.05) is 11.9 Å². The number of carbonyl (C=O) groups excluding carboxylic acids is 1. The van der Waals surface area contributed by atoms with E-state index in [1.807, 2.05) is 31.2 Å². The van der Waals surface area contributed by atoms with Gasteiger partial charge in [0.2, 0.25) is 5.91 Å². The maximum atomic E-state index is 12.5. The van der Waals surface area contributed by atoms with Crippen LogP contribution in [-0.4, -0.2) is 17.5 Å². The van der Waals surface area contributed by atoms with Crippen LogP contribution >= 0.6 is 12.2 Å². The number of rotatable bonds is 5. The summed E-state index contributed by atoms with van der Waals surface area (Å²) in [5.41, 5.74) is 5.75. The molecule has 0 spiro atoms. The van der Waals surface area contributed by atoms with Gasteiger partial charge in [-0.2, -0.15) is 0 Å². The number of para-hydroxylation sites is 2. The van der Waals surface area contributed by atoms with Gasteiger partial charge in [0.05, 0.1) is 22.7 Å². The van der Waals surface area contributed by atoms with E-state index in [1.54, 1.807) is 0 Å². The van der Waals surface area contributed by atoms with Gasteiger partial charge >= 0.3 is 0 Å². The lowest BCUT2D eigenvalue weighted by molar-refractivity contribution is -0.127. The van der Waals surface area contributed by atoms with E-state index in [-0.39, 0.29) is 10.9 Å². The number of thiocarbonyl (C=S) groups is 1. The molecule has 1 saturated carbocycles. The normalized spacial score (nSPS) is 24.6. The highest BCUT2D eigenvalue weighted by Crippen LogP contribution is 2.46. The van der Waals surface area contributed by atoms with Gasteiger partial charge in [-0.05, 0) is 37.8 Å². The molecule has 5 heteroatoms. The minimum absolute atomic E-state index is 0.129. The third-order valence-electron chi connectivity index (χ3n) is 3.74. The van der Waals surface area contributed by atoms with Gasteiger partial charge in [-0.1, -0.05) is 31.3 Å². The fourth-order valence-electron chi connectivity index (χ4n) is 2.72. The smallest absolute Gasteiger partial charge is 0.237 e. The molecule has 1 aliphatic carbocycles. The second-order valence-electron chi connectivity index (χ2n) is 5.34. The van der Waals surface area contributed by atoms with E-state index < -0.39 is 5.41 Å². The van der Waals surface area contributed by atoms with Crippen molar-refractivity contribution in [3.8, 4) is 5.75 Å². The maximum Gasteiger partial charge on any atom is 0.237 e. The first kappa shape index (κ1) is 14.8. The summed E-state index contributed by atoms with van der Waals surface area (Å²) in [5, 5.41) is 2.91. The number of hydrogen-bond acceptors (Lipinski definition) is 3. The predicted octanol–water partition coefficient (Wildman–Crippen LogP) is 2.73. The minimum atomic E-state index is -0.700. The lowest BCUT2D eigenvalue weighted by Gasteiger charge is -2.44. The molecule has 0 bridgehead atoms. The Bertz CT molecular complexity index is 524. The van der Waals surface area contributed by atoms with Gasteiger partial charge in [0.1, 0.15) is 5.75 Å². The Balaban J connectivity index is 2.17. The maximum absolute atomic E-state index is 12.5. The second kappa shape index (κ2) is 5.79. The van der Waals surface area contributed by atoms with Gasteiger partial charge in [0, 0.05) is 0 Å². The molecule has 108 valence electrons. The standard InChI is InChI=1S/C15H20N2O2S/c1-3-19-12-7-5-4-6-11(12)17-14(18)15(13(16)20)8-10(2)9-15/h4-7,10H,3,8-9H2,1-2H3,(H2,16,20)(H,17,18). The molecule has 0 unspecified atom stereocenters. The minimum Gasteiger partial charge on any atom is -0.492 e. The topological polar surface area (TPSA) is 64.3 Å². The van der Waals surface area contributed by atoms with Crippen LogP contribution < -0.4 is 15.8 Å². The van der Waals surface area contributed by atoms with Crippen molar-refractivity contribution in [3.63, 3.8) is 0 Å². The molecule has 0 aliphatic heterocycles. The van der Waals surface area contributed by atoms with Crippen LogP contribution in [0.3, 0.4) is 0 Å². The summed E-state index contributed by atoms with van der Waals surface area (Å²) in [6.07, 6.45) is 1.43. The largest absolute Gasteiger partial charge is 0.492 e. The zero-order chi connectivity index (χ0) is 14.8. The van der Waals surface area contributed by atoms with Crippen LogP contribution in [0.1, 0.15) is 26.7 Å². The molecule has 3 N–H and O–H groups in total. The number of anilines is 1. The molecule has 0 aromatic heterocycles. The molecule has 1 aliphatic rings. The van der Waals surface area contributed by atoms with Gasteiger partial charge < -0.3 is 15.8 Å². The third kappa shape index (κ3) is 2.63. The van der Waals surface area contributed by atoms with Crippen LogP contribution in [0, 0.1) is 11.3 Å². The predicted molar refractivity (Wildman–Crippen MR) is 83.9 cm³/mol. The first-order chi connectivity index (χ1) is 9.49. The zero-order valence-electron chi connectivity index (χ0n) is 11.8. The SMILES string of the molecule is CCOc1ccccc1NC(=O)C1(C(N)=S)CC(C)C1. The van der Waals surface area contributed by atoms with Gasteiger partial charge in [0.15, 0.2) is 0 Å². The van der Waals surface area contributed by atoms with Crippen molar-refractivity contribution in [1.29, 1.82) is 0 Å². The molecule has 0 atom stereocenters. The molecule has 20 heavy (non-hydrogen) atoms. The molecule has 4 nitrogen and oxygen atoms in total. The summed E-state index contributed by atoms with van der Waals surface area (Å²) >= 11 is 5.10. The number of amides is 1. The highest BCUT2D eigenvalue weighted by atomic mass is 32.1. The Morgan fingerprint density at radius 2 is 2.15 bits per heavy atom. The Hall–Kier alpha value is -1.62. The molecule has 2 rings (SSSR count). The number of ether oxygens (including phenoxy) is 1.